The lowest BCUT2D eigenvalue weighted by Crippen LogP contribution is -1.96. The quantitative estimate of drug-likeness (QED) is 0.781. The van der Waals surface area contributed by atoms with Gasteiger partial charge in [0.25, 0.3) is 5.24 Å². The molecule has 18 heavy (non-hydrogen) atoms. The number of hydrogen-bond donors (Lipinski definition) is 0. The fourth-order valence-corrected chi connectivity index (χ4v) is 1.70. The van der Waals surface area contributed by atoms with Crippen LogP contribution in [0.3, 0.4) is 0 Å². The maximum atomic E-state index is 11.0. The van der Waals surface area contributed by atoms with Crippen molar-refractivity contribution in [1.82, 2.24) is 0 Å². The number of hydrogen-bond acceptors (Lipinski definition) is 2. The Labute approximate surface area is 115 Å². The molecular weight excluding hydrogens is 271 g/mol. The summed E-state index contributed by atoms with van der Waals surface area (Å²) in [7, 11) is 0. The Bertz CT molecular complexity index is 550. The van der Waals surface area contributed by atoms with Gasteiger partial charge in [-0.1, -0.05) is 29.8 Å². The van der Waals surface area contributed by atoms with Crippen LogP contribution in [0.15, 0.2) is 48.5 Å². The van der Waals surface area contributed by atoms with Crippen molar-refractivity contribution in [2.45, 2.75) is 6.61 Å². The van der Waals surface area contributed by atoms with Crippen LogP contribution < -0.4 is 4.74 Å². The van der Waals surface area contributed by atoms with Gasteiger partial charge in [-0.25, -0.2) is 0 Å². The van der Waals surface area contributed by atoms with Crippen LogP contribution in [0.5, 0.6) is 5.75 Å². The summed E-state index contributed by atoms with van der Waals surface area (Å²) in [6, 6.07) is 14.2. The predicted molar refractivity (Wildman–Crippen MR) is 72.4 cm³/mol. The number of halogens is 2. The Morgan fingerprint density at radius 2 is 1.83 bits per heavy atom. The van der Waals surface area contributed by atoms with Crippen LogP contribution in [0.4, 0.5) is 0 Å². The molecule has 0 aliphatic carbocycles. The number of rotatable bonds is 4. The standard InChI is InChI=1S/C14H10Cl2O2/c15-12-6-4-10(5-7-12)9-18-13-3-1-2-11(8-13)14(16)17/h1-8H,9H2. The second-order valence-electron chi connectivity index (χ2n) is 3.72. The molecule has 0 unspecified atom stereocenters. The molecule has 0 aromatic heterocycles. The molecule has 2 aromatic rings. The van der Waals surface area contributed by atoms with Crippen molar-refractivity contribution < 1.29 is 9.53 Å². The van der Waals surface area contributed by atoms with Crippen molar-refractivity contribution in [2.75, 3.05) is 0 Å². The molecule has 0 bridgehead atoms. The van der Waals surface area contributed by atoms with Gasteiger partial charge in [-0.15, -0.1) is 0 Å². The lowest BCUT2D eigenvalue weighted by molar-refractivity contribution is 0.108. The van der Waals surface area contributed by atoms with Crippen LogP contribution in [0.2, 0.25) is 5.02 Å². The first-order valence-electron chi connectivity index (χ1n) is 5.32. The van der Waals surface area contributed by atoms with E-state index in [-0.39, 0.29) is 0 Å². The molecule has 0 spiro atoms. The van der Waals surface area contributed by atoms with E-state index in [9.17, 15) is 4.79 Å². The van der Waals surface area contributed by atoms with Crippen LogP contribution >= 0.6 is 23.2 Å². The lowest BCUT2D eigenvalue weighted by atomic mass is 10.2. The van der Waals surface area contributed by atoms with Crippen LogP contribution in [0, 0.1) is 0 Å². The molecule has 0 saturated carbocycles. The lowest BCUT2D eigenvalue weighted by Gasteiger charge is -2.07. The van der Waals surface area contributed by atoms with Gasteiger partial charge in [-0.2, -0.15) is 0 Å². The smallest absolute Gasteiger partial charge is 0.252 e. The monoisotopic (exact) mass is 280 g/mol. The Morgan fingerprint density at radius 1 is 1.11 bits per heavy atom. The maximum Gasteiger partial charge on any atom is 0.252 e. The minimum atomic E-state index is -0.494. The zero-order chi connectivity index (χ0) is 13.0. The highest BCUT2D eigenvalue weighted by Crippen LogP contribution is 2.17. The Hall–Kier alpha value is -1.51. The summed E-state index contributed by atoms with van der Waals surface area (Å²) >= 11 is 11.2. The van der Waals surface area contributed by atoms with Crippen LogP contribution in [-0.4, -0.2) is 5.24 Å². The highest BCUT2D eigenvalue weighted by molar-refractivity contribution is 6.67. The summed E-state index contributed by atoms with van der Waals surface area (Å²) in [5.74, 6) is 0.608. The van der Waals surface area contributed by atoms with E-state index >= 15 is 0 Å². The minimum Gasteiger partial charge on any atom is -0.489 e. The van der Waals surface area contributed by atoms with Gasteiger partial charge in [0.2, 0.25) is 0 Å². The molecule has 2 aromatic carbocycles. The van der Waals surface area contributed by atoms with Gasteiger partial charge in [0, 0.05) is 10.6 Å². The first-order chi connectivity index (χ1) is 8.65. The van der Waals surface area contributed by atoms with Gasteiger partial charge in [-0.3, -0.25) is 4.79 Å². The molecule has 0 N–H and O–H groups in total. The van der Waals surface area contributed by atoms with E-state index in [0.29, 0.717) is 22.9 Å². The van der Waals surface area contributed by atoms with E-state index in [1.54, 1.807) is 36.4 Å². The molecule has 0 amide bonds. The minimum absolute atomic E-state index is 0.414. The second-order valence-corrected chi connectivity index (χ2v) is 4.50. The SMILES string of the molecule is O=C(Cl)c1cccc(OCc2ccc(Cl)cc2)c1. The molecule has 0 fully saturated rings. The number of carbonyl (C=O) groups is 1. The van der Waals surface area contributed by atoms with Crippen molar-refractivity contribution in [2.24, 2.45) is 0 Å². The van der Waals surface area contributed by atoms with Gasteiger partial charge >= 0.3 is 0 Å². The van der Waals surface area contributed by atoms with Gasteiger partial charge in [-0.05, 0) is 47.5 Å². The fourth-order valence-electron chi connectivity index (χ4n) is 1.46. The summed E-state index contributed by atoms with van der Waals surface area (Å²) < 4.78 is 5.57. The van der Waals surface area contributed by atoms with Crippen LogP contribution in [0.1, 0.15) is 15.9 Å². The largest absolute Gasteiger partial charge is 0.489 e. The number of ether oxygens (including phenoxy) is 1. The molecule has 0 radical (unpaired) electrons. The summed E-state index contributed by atoms with van der Waals surface area (Å²) in [4.78, 5) is 11.0. The van der Waals surface area contributed by atoms with Crippen molar-refractivity contribution in [3.05, 3.63) is 64.7 Å². The normalized spacial score (nSPS) is 10.1. The first kappa shape index (κ1) is 12.9. The zero-order valence-electron chi connectivity index (χ0n) is 9.40. The average Bonchev–Trinajstić information content (AvgIpc) is 2.38. The molecule has 92 valence electrons. The third-order valence-corrected chi connectivity index (χ3v) is 2.85. The third kappa shape index (κ3) is 3.49. The Kier molecular flexibility index (Phi) is 4.24. The van der Waals surface area contributed by atoms with Crippen LogP contribution in [0.25, 0.3) is 0 Å². The molecule has 2 rings (SSSR count). The van der Waals surface area contributed by atoms with Crippen molar-refractivity contribution in [1.29, 1.82) is 0 Å². The highest BCUT2D eigenvalue weighted by Gasteiger charge is 2.03. The predicted octanol–water partition coefficient (Wildman–Crippen LogP) is 4.30. The molecule has 0 saturated heterocycles. The fraction of sp³-hybridized carbons (Fsp3) is 0.0714. The molecule has 2 nitrogen and oxygen atoms in total. The van der Waals surface area contributed by atoms with E-state index in [0.717, 1.165) is 5.56 Å². The van der Waals surface area contributed by atoms with E-state index in [4.69, 9.17) is 27.9 Å². The Balaban J connectivity index is 2.04. The first-order valence-corrected chi connectivity index (χ1v) is 6.08. The number of benzene rings is 2. The van der Waals surface area contributed by atoms with Crippen LogP contribution in [-0.2, 0) is 6.61 Å². The molecule has 4 heteroatoms. The second kappa shape index (κ2) is 5.89. The number of carbonyl (C=O) groups excluding carboxylic acids is 1. The Morgan fingerprint density at radius 3 is 2.50 bits per heavy atom. The van der Waals surface area contributed by atoms with Gasteiger partial charge in [0.15, 0.2) is 0 Å². The van der Waals surface area contributed by atoms with E-state index < -0.39 is 5.24 Å². The topological polar surface area (TPSA) is 26.3 Å². The maximum absolute atomic E-state index is 11.0. The van der Waals surface area contributed by atoms with Gasteiger partial charge < -0.3 is 4.74 Å². The molecule has 0 aliphatic rings. The zero-order valence-corrected chi connectivity index (χ0v) is 10.9. The van der Waals surface area contributed by atoms with Crippen molar-refractivity contribution >= 4 is 28.4 Å². The highest BCUT2D eigenvalue weighted by atomic mass is 35.5. The van der Waals surface area contributed by atoms with Gasteiger partial charge in [0.05, 0.1) is 0 Å². The van der Waals surface area contributed by atoms with Gasteiger partial charge in [0.1, 0.15) is 12.4 Å². The van der Waals surface area contributed by atoms with Crippen molar-refractivity contribution in [3.63, 3.8) is 0 Å². The average molecular weight is 281 g/mol. The summed E-state index contributed by atoms with van der Waals surface area (Å²) in [5.41, 5.74) is 1.42. The molecule has 0 atom stereocenters. The molecule has 0 aliphatic heterocycles. The molecular formula is C14H10Cl2O2. The summed E-state index contributed by atoms with van der Waals surface area (Å²) in [6.45, 7) is 0.414. The molecule has 0 heterocycles. The summed E-state index contributed by atoms with van der Waals surface area (Å²) in [5, 5.41) is 0.195. The summed E-state index contributed by atoms with van der Waals surface area (Å²) in [6.07, 6.45) is 0. The third-order valence-electron chi connectivity index (χ3n) is 2.38. The van der Waals surface area contributed by atoms with E-state index in [2.05, 4.69) is 0 Å². The van der Waals surface area contributed by atoms with E-state index in [1.807, 2.05) is 12.1 Å². The van der Waals surface area contributed by atoms with Crippen molar-refractivity contribution in [3.8, 4) is 5.75 Å². The van der Waals surface area contributed by atoms with E-state index in [1.165, 1.54) is 0 Å².